The number of hydrazine groups is 1. The number of carbonyl (C=O) groups excluding carboxylic acids is 1. The Labute approximate surface area is 135 Å². The summed E-state index contributed by atoms with van der Waals surface area (Å²) in [7, 11) is 4.94. The smallest absolute Gasteiger partial charge is 0.258 e. The average molecular weight is 319 g/mol. The molecule has 1 atom stereocenters. The van der Waals surface area contributed by atoms with Gasteiger partial charge in [-0.05, 0) is 24.6 Å². The summed E-state index contributed by atoms with van der Waals surface area (Å²) in [6, 6.07) is 5.12. The number of carbonyl (C=O) groups is 1. The molecular weight excluding hydrogens is 298 g/mol. The van der Waals surface area contributed by atoms with Crippen LogP contribution >= 0.6 is 0 Å². The van der Waals surface area contributed by atoms with Crippen molar-refractivity contribution in [3.63, 3.8) is 0 Å². The van der Waals surface area contributed by atoms with Gasteiger partial charge in [0.25, 0.3) is 5.91 Å². The molecule has 0 fully saturated rings. The van der Waals surface area contributed by atoms with E-state index in [1.165, 1.54) is 0 Å². The molecule has 124 valence electrons. The van der Waals surface area contributed by atoms with Gasteiger partial charge in [-0.25, -0.2) is 5.43 Å². The van der Waals surface area contributed by atoms with Crippen LogP contribution in [-0.2, 0) is 0 Å². The van der Waals surface area contributed by atoms with Crippen LogP contribution in [0.5, 0.6) is 11.5 Å². The summed E-state index contributed by atoms with van der Waals surface area (Å²) in [5.41, 5.74) is 5.25. The second kappa shape index (κ2) is 6.10. The Kier molecular flexibility index (Phi) is 4.14. The van der Waals surface area contributed by atoms with E-state index in [-0.39, 0.29) is 5.91 Å². The molecule has 0 radical (unpaired) electrons. The maximum absolute atomic E-state index is 12.9. The standard InChI is InChI=1S/C16H21N3O4/c1-18-15-11(9-17-18)19(7-6-12(15)20)16(21)10-4-5-13(22-2)14(8-10)23-3/h4-5,8,12,17,20H,6-7,9H2,1-3H3. The third-order valence-electron chi connectivity index (χ3n) is 4.28. The number of aliphatic hydroxyl groups excluding tert-OH is 1. The number of hydrogen-bond donors (Lipinski definition) is 2. The number of nitrogens with one attached hydrogen (secondary N) is 1. The van der Waals surface area contributed by atoms with Crippen molar-refractivity contribution in [2.45, 2.75) is 12.5 Å². The van der Waals surface area contributed by atoms with E-state index in [4.69, 9.17) is 9.47 Å². The van der Waals surface area contributed by atoms with E-state index in [0.29, 0.717) is 36.6 Å². The number of ether oxygens (including phenoxy) is 2. The molecule has 0 saturated carbocycles. The second-order valence-corrected chi connectivity index (χ2v) is 5.56. The first-order chi connectivity index (χ1) is 11.1. The summed E-state index contributed by atoms with van der Waals surface area (Å²) in [6.07, 6.45) is -0.0244. The molecule has 1 amide bonds. The van der Waals surface area contributed by atoms with Crippen molar-refractivity contribution >= 4 is 5.91 Å². The Morgan fingerprint density at radius 1 is 1.30 bits per heavy atom. The van der Waals surface area contributed by atoms with Crippen LogP contribution in [0.3, 0.4) is 0 Å². The molecule has 0 aromatic heterocycles. The molecule has 0 aliphatic carbocycles. The van der Waals surface area contributed by atoms with Gasteiger partial charge in [-0.2, -0.15) is 0 Å². The van der Waals surface area contributed by atoms with Gasteiger partial charge in [0.2, 0.25) is 0 Å². The van der Waals surface area contributed by atoms with Crippen molar-refractivity contribution in [2.75, 3.05) is 34.4 Å². The molecule has 1 aromatic rings. The summed E-state index contributed by atoms with van der Waals surface area (Å²) < 4.78 is 10.5. The lowest BCUT2D eigenvalue weighted by Gasteiger charge is -2.32. The zero-order chi connectivity index (χ0) is 16.6. The van der Waals surface area contributed by atoms with Gasteiger partial charge in [0, 0.05) is 19.2 Å². The number of hydrogen-bond acceptors (Lipinski definition) is 6. The SMILES string of the molecule is COc1ccc(C(=O)N2CCC(O)C3=C2CNN3C)cc1OC. The predicted molar refractivity (Wildman–Crippen MR) is 84.0 cm³/mol. The van der Waals surface area contributed by atoms with Crippen molar-refractivity contribution in [1.82, 2.24) is 15.3 Å². The Morgan fingerprint density at radius 3 is 2.74 bits per heavy atom. The van der Waals surface area contributed by atoms with Gasteiger partial charge in [0.15, 0.2) is 11.5 Å². The molecular formula is C16H21N3O4. The highest BCUT2D eigenvalue weighted by atomic mass is 16.5. The van der Waals surface area contributed by atoms with Gasteiger partial charge in [-0.1, -0.05) is 0 Å². The molecule has 3 rings (SSSR count). The second-order valence-electron chi connectivity index (χ2n) is 5.56. The van der Waals surface area contributed by atoms with Gasteiger partial charge in [0.05, 0.1) is 38.3 Å². The van der Waals surface area contributed by atoms with Crippen LogP contribution in [0.1, 0.15) is 16.8 Å². The maximum atomic E-state index is 12.9. The van der Waals surface area contributed by atoms with E-state index >= 15 is 0 Å². The zero-order valence-corrected chi connectivity index (χ0v) is 13.5. The lowest BCUT2D eigenvalue weighted by molar-refractivity contribution is 0.0733. The first-order valence-electron chi connectivity index (χ1n) is 7.49. The van der Waals surface area contributed by atoms with Crippen molar-refractivity contribution in [2.24, 2.45) is 0 Å². The fraction of sp³-hybridized carbons (Fsp3) is 0.438. The Bertz CT molecular complexity index is 659. The first-order valence-corrected chi connectivity index (χ1v) is 7.49. The normalized spacial score (nSPS) is 20.6. The van der Waals surface area contributed by atoms with Crippen molar-refractivity contribution in [1.29, 1.82) is 0 Å². The highest BCUT2D eigenvalue weighted by molar-refractivity contribution is 5.96. The molecule has 2 aliphatic heterocycles. The molecule has 7 nitrogen and oxygen atoms in total. The van der Waals surface area contributed by atoms with Crippen molar-refractivity contribution in [3.05, 3.63) is 35.2 Å². The monoisotopic (exact) mass is 319 g/mol. The number of benzene rings is 1. The quantitative estimate of drug-likeness (QED) is 0.849. The number of likely N-dealkylation sites (N-methyl/N-ethyl adjacent to an activating group) is 1. The maximum Gasteiger partial charge on any atom is 0.258 e. The zero-order valence-electron chi connectivity index (χ0n) is 13.5. The molecule has 1 unspecified atom stereocenters. The van der Waals surface area contributed by atoms with Gasteiger partial charge >= 0.3 is 0 Å². The van der Waals surface area contributed by atoms with Crippen LogP contribution in [-0.4, -0.2) is 61.4 Å². The van der Waals surface area contributed by atoms with Crippen molar-refractivity contribution in [3.8, 4) is 11.5 Å². The average Bonchev–Trinajstić information content (AvgIpc) is 2.96. The Morgan fingerprint density at radius 2 is 2.04 bits per heavy atom. The van der Waals surface area contributed by atoms with Crippen LogP contribution in [0.25, 0.3) is 0 Å². The highest BCUT2D eigenvalue weighted by Crippen LogP contribution is 2.31. The largest absolute Gasteiger partial charge is 0.493 e. The predicted octanol–water partition coefficient (Wildman–Crippen LogP) is 0.572. The molecule has 23 heavy (non-hydrogen) atoms. The molecule has 2 heterocycles. The summed E-state index contributed by atoms with van der Waals surface area (Å²) >= 11 is 0. The van der Waals surface area contributed by atoms with E-state index < -0.39 is 6.10 Å². The molecule has 2 N–H and O–H groups in total. The lowest BCUT2D eigenvalue weighted by Crippen LogP contribution is -2.40. The molecule has 0 saturated heterocycles. The minimum atomic E-state index is -0.542. The number of amides is 1. The van der Waals surface area contributed by atoms with Gasteiger partial charge in [0.1, 0.15) is 0 Å². The van der Waals surface area contributed by atoms with Crippen LogP contribution in [0.2, 0.25) is 0 Å². The van der Waals surface area contributed by atoms with Crippen LogP contribution in [0, 0.1) is 0 Å². The number of nitrogens with zero attached hydrogens (tertiary/aromatic N) is 2. The van der Waals surface area contributed by atoms with E-state index in [0.717, 1.165) is 11.4 Å². The van der Waals surface area contributed by atoms with E-state index in [1.54, 1.807) is 42.3 Å². The van der Waals surface area contributed by atoms with Gasteiger partial charge < -0.3 is 24.5 Å². The Balaban J connectivity index is 1.93. The minimum Gasteiger partial charge on any atom is -0.493 e. The third-order valence-corrected chi connectivity index (χ3v) is 4.28. The van der Waals surface area contributed by atoms with Crippen LogP contribution in [0.4, 0.5) is 0 Å². The molecule has 2 aliphatic rings. The van der Waals surface area contributed by atoms with Gasteiger partial charge in [-0.3, -0.25) is 4.79 Å². The molecule has 0 spiro atoms. The van der Waals surface area contributed by atoms with Crippen LogP contribution in [0.15, 0.2) is 29.6 Å². The summed E-state index contributed by atoms with van der Waals surface area (Å²) in [4.78, 5) is 14.6. The van der Waals surface area contributed by atoms with E-state index in [9.17, 15) is 9.90 Å². The topological polar surface area (TPSA) is 74.3 Å². The molecule has 7 heteroatoms. The van der Waals surface area contributed by atoms with Crippen molar-refractivity contribution < 1.29 is 19.4 Å². The lowest BCUT2D eigenvalue weighted by atomic mass is 10.0. The third kappa shape index (κ3) is 2.62. The summed E-state index contributed by atoms with van der Waals surface area (Å²) in [5.74, 6) is 0.994. The summed E-state index contributed by atoms with van der Waals surface area (Å²) in [6.45, 7) is 1.02. The van der Waals surface area contributed by atoms with Crippen LogP contribution < -0.4 is 14.9 Å². The number of rotatable bonds is 3. The fourth-order valence-electron chi connectivity index (χ4n) is 3.08. The number of methoxy groups -OCH3 is 2. The summed E-state index contributed by atoms with van der Waals surface area (Å²) in [5, 5.41) is 11.9. The van der Waals surface area contributed by atoms with Gasteiger partial charge in [-0.15, -0.1) is 0 Å². The highest BCUT2D eigenvalue weighted by Gasteiger charge is 2.36. The van der Waals surface area contributed by atoms with E-state index in [2.05, 4.69) is 5.43 Å². The fourth-order valence-corrected chi connectivity index (χ4v) is 3.08. The number of aliphatic hydroxyl groups is 1. The first kappa shape index (κ1) is 15.6. The molecule has 0 bridgehead atoms. The van der Waals surface area contributed by atoms with E-state index in [1.807, 2.05) is 7.05 Å². The molecule has 1 aromatic carbocycles. The Hall–Kier alpha value is -2.25. The minimum absolute atomic E-state index is 0.109.